The maximum atomic E-state index is 12.8. The zero-order chi connectivity index (χ0) is 20.9. The number of furan rings is 1. The van der Waals surface area contributed by atoms with Gasteiger partial charge in [-0.2, -0.15) is 0 Å². The lowest BCUT2D eigenvalue weighted by atomic mass is 10.2. The van der Waals surface area contributed by atoms with Gasteiger partial charge in [0.05, 0.1) is 35.2 Å². The molecule has 0 atom stereocenters. The van der Waals surface area contributed by atoms with E-state index in [-0.39, 0.29) is 23.3 Å². The van der Waals surface area contributed by atoms with Crippen LogP contribution in [0.15, 0.2) is 75.0 Å². The molecule has 2 amide bonds. The summed E-state index contributed by atoms with van der Waals surface area (Å²) in [5, 5.41) is 5.61. The summed E-state index contributed by atoms with van der Waals surface area (Å²) in [7, 11) is 0. The van der Waals surface area contributed by atoms with Crippen LogP contribution >= 0.6 is 11.8 Å². The van der Waals surface area contributed by atoms with Crippen LogP contribution < -0.4 is 16.3 Å². The topological polar surface area (TPSA) is 120 Å². The first-order valence-corrected chi connectivity index (χ1v) is 10.1. The van der Waals surface area contributed by atoms with Gasteiger partial charge in [0, 0.05) is 10.6 Å². The van der Waals surface area contributed by atoms with Gasteiger partial charge in [-0.25, -0.2) is 4.79 Å². The molecule has 4 N–H and O–H groups in total. The van der Waals surface area contributed by atoms with E-state index in [0.717, 1.165) is 0 Å². The highest BCUT2D eigenvalue weighted by molar-refractivity contribution is 8.00. The Morgan fingerprint density at radius 3 is 2.67 bits per heavy atom. The highest BCUT2D eigenvalue weighted by Crippen LogP contribution is 2.24. The van der Waals surface area contributed by atoms with Crippen molar-refractivity contribution >= 4 is 40.3 Å². The van der Waals surface area contributed by atoms with E-state index in [0.29, 0.717) is 39.5 Å². The summed E-state index contributed by atoms with van der Waals surface area (Å²) >= 11 is 1.28. The number of benzene rings is 2. The zero-order valence-corrected chi connectivity index (χ0v) is 16.5. The van der Waals surface area contributed by atoms with Crippen molar-refractivity contribution in [2.45, 2.75) is 11.4 Å². The van der Waals surface area contributed by atoms with Crippen molar-refractivity contribution < 1.29 is 14.0 Å². The molecule has 2 heterocycles. The lowest BCUT2D eigenvalue weighted by molar-refractivity contribution is -0.118. The van der Waals surface area contributed by atoms with E-state index in [1.165, 1.54) is 11.8 Å². The van der Waals surface area contributed by atoms with E-state index >= 15 is 0 Å². The number of rotatable bonds is 7. The van der Waals surface area contributed by atoms with Crippen LogP contribution in [0, 0.1) is 0 Å². The Morgan fingerprint density at radius 2 is 1.83 bits per heavy atom. The molecule has 0 aliphatic carbocycles. The number of carbonyl (C=O) groups is 2. The second-order valence-corrected chi connectivity index (χ2v) is 7.45. The number of imidazole rings is 1. The minimum absolute atomic E-state index is 0.159. The maximum absolute atomic E-state index is 12.8. The number of nitrogens with one attached hydrogen (secondary N) is 4. The number of aromatic nitrogens is 2. The molecule has 152 valence electrons. The first-order chi connectivity index (χ1) is 14.6. The molecule has 0 aliphatic rings. The smallest absolute Gasteiger partial charge is 0.323 e. The minimum Gasteiger partial charge on any atom is -0.467 e. The number of anilines is 1. The summed E-state index contributed by atoms with van der Waals surface area (Å²) in [6, 6.07) is 15.7. The lowest BCUT2D eigenvalue weighted by Gasteiger charge is -2.10. The second-order valence-electron chi connectivity index (χ2n) is 6.43. The van der Waals surface area contributed by atoms with Crippen molar-refractivity contribution in [3.05, 3.63) is 82.7 Å². The van der Waals surface area contributed by atoms with Crippen molar-refractivity contribution in [3.8, 4) is 0 Å². The predicted molar refractivity (Wildman–Crippen MR) is 115 cm³/mol. The molecule has 0 bridgehead atoms. The molecule has 9 heteroatoms. The van der Waals surface area contributed by atoms with E-state index in [9.17, 15) is 14.4 Å². The molecule has 0 unspecified atom stereocenters. The van der Waals surface area contributed by atoms with Crippen LogP contribution in [-0.2, 0) is 11.3 Å². The van der Waals surface area contributed by atoms with Gasteiger partial charge in [-0.05, 0) is 42.5 Å². The standard InChI is InChI=1S/C21H18N4O4S/c26-19(22-11-14-4-3-9-29-14)12-30-18-6-2-1-5-15(18)20(27)23-13-7-8-16-17(10-13)25-21(28)24-16/h1-10H,11-12H2,(H,22,26)(H,23,27)(H2,24,25,28). The predicted octanol–water partition coefficient (Wildman–Crippen LogP) is 3.11. The molecule has 0 saturated heterocycles. The highest BCUT2D eigenvalue weighted by atomic mass is 32.2. The van der Waals surface area contributed by atoms with E-state index in [2.05, 4.69) is 20.6 Å². The third-order valence-corrected chi connectivity index (χ3v) is 5.38. The Kier molecular flexibility index (Phi) is 5.71. The molecule has 2 aromatic carbocycles. The normalized spacial score (nSPS) is 10.8. The average Bonchev–Trinajstić information content (AvgIpc) is 3.39. The van der Waals surface area contributed by atoms with Crippen molar-refractivity contribution in [1.29, 1.82) is 0 Å². The third kappa shape index (κ3) is 4.64. The first-order valence-electron chi connectivity index (χ1n) is 9.13. The zero-order valence-electron chi connectivity index (χ0n) is 15.7. The van der Waals surface area contributed by atoms with Crippen LogP contribution in [0.2, 0.25) is 0 Å². The summed E-state index contributed by atoms with van der Waals surface area (Å²) in [6.07, 6.45) is 1.55. The fourth-order valence-electron chi connectivity index (χ4n) is 2.88. The van der Waals surface area contributed by atoms with Crippen LogP contribution in [0.3, 0.4) is 0 Å². The number of fused-ring (bicyclic) bond motifs is 1. The van der Waals surface area contributed by atoms with E-state index in [4.69, 9.17) is 4.42 Å². The van der Waals surface area contributed by atoms with E-state index in [1.807, 2.05) is 6.07 Å². The molecule has 0 spiro atoms. The molecule has 0 fully saturated rings. The fourth-order valence-corrected chi connectivity index (χ4v) is 3.76. The second kappa shape index (κ2) is 8.75. The first kappa shape index (κ1) is 19.6. The van der Waals surface area contributed by atoms with E-state index in [1.54, 1.807) is 54.8 Å². The summed E-state index contributed by atoms with van der Waals surface area (Å²) in [4.78, 5) is 42.3. The van der Waals surface area contributed by atoms with Gasteiger partial charge in [0.2, 0.25) is 5.91 Å². The molecule has 2 aromatic heterocycles. The van der Waals surface area contributed by atoms with Gasteiger partial charge in [0.15, 0.2) is 0 Å². The monoisotopic (exact) mass is 422 g/mol. The van der Waals surface area contributed by atoms with E-state index < -0.39 is 0 Å². The fraction of sp³-hybridized carbons (Fsp3) is 0.0952. The number of H-pyrrole nitrogens is 2. The van der Waals surface area contributed by atoms with Gasteiger partial charge in [0.25, 0.3) is 5.91 Å². The number of thioether (sulfide) groups is 1. The van der Waals surface area contributed by atoms with Crippen molar-refractivity contribution in [2.75, 3.05) is 11.1 Å². The number of carbonyl (C=O) groups excluding carboxylic acids is 2. The Bertz CT molecular complexity index is 1240. The molecule has 30 heavy (non-hydrogen) atoms. The van der Waals surface area contributed by atoms with Gasteiger partial charge in [-0.1, -0.05) is 12.1 Å². The highest BCUT2D eigenvalue weighted by Gasteiger charge is 2.14. The molecule has 0 radical (unpaired) electrons. The largest absolute Gasteiger partial charge is 0.467 e. The van der Waals surface area contributed by atoms with Crippen LogP contribution in [0.4, 0.5) is 5.69 Å². The van der Waals surface area contributed by atoms with Gasteiger partial charge in [-0.15, -0.1) is 11.8 Å². The van der Waals surface area contributed by atoms with Crippen LogP contribution in [-0.4, -0.2) is 27.5 Å². The van der Waals surface area contributed by atoms with Crippen molar-refractivity contribution in [2.24, 2.45) is 0 Å². The van der Waals surface area contributed by atoms with Gasteiger partial charge < -0.3 is 25.0 Å². The molecule has 4 rings (SSSR count). The van der Waals surface area contributed by atoms with Crippen LogP contribution in [0.5, 0.6) is 0 Å². The minimum atomic E-state index is -0.305. The van der Waals surface area contributed by atoms with Gasteiger partial charge >= 0.3 is 5.69 Å². The summed E-state index contributed by atoms with van der Waals surface area (Å²) in [5.41, 5.74) is 1.98. The summed E-state index contributed by atoms with van der Waals surface area (Å²) < 4.78 is 5.19. The molecule has 4 aromatic rings. The van der Waals surface area contributed by atoms with Gasteiger partial charge in [0.1, 0.15) is 5.76 Å². The van der Waals surface area contributed by atoms with Crippen molar-refractivity contribution in [3.63, 3.8) is 0 Å². The third-order valence-electron chi connectivity index (χ3n) is 4.30. The summed E-state index contributed by atoms with van der Waals surface area (Å²) in [5.74, 6) is 0.385. The molecular weight excluding hydrogens is 404 g/mol. The molecule has 8 nitrogen and oxygen atoms in total. The Labute approximate surface area is 175 Å². The lowest BCUT2D eigenvalue weighted by Crippen LogP contribution is -2.24. The Balaban J connectivity index is 1.40. The number of aromatic amines is 2. The molecule has 0 saturated carbocycles. The van der Waals surface area contributed by atoms with Crippen molar-refractivity contribution in [1.82, 2.24) is 15.3 Å². The number of hydrogen-bond donors (Lipinski definition) is 4. The average molecular weight is 422 g/mol. The maximum Gasteiger partial charge on any atom is 0.323 e. The van der Waals surface area contributed by atoms with Crippen LogP contribution in [0.25, 0.3) is 11.0 Å². The quantitative estimate of drug-likeness (QED) is 0.341. The van der Waals surface area contributed by atoms with Crippen LogP contribution in [0.1, 0.15) is 16.1 Å². The number of amides is 2. The molecular formula is C21H18N4O4S. The number of hydrogen-bond acceptors (Lipinski definition) is 5. The Morgan fingerprint density at radius 1 is 1.00 bits per heavy atom. The van der Waals surface area contributed by atoms with Gasteiger partial charge in [-0.3, -0.25) is 9.59 Å². The Hall–Kier alpha value is -3.72. The SMILES string of the molecule is O=C(CSc1ccccc1C(=O)Nc1ccc2[nH]c(=O)[nH]c2c1)NCc1ccco1. The summed E-state index contributed by atoms with van der Waals surface area (Å²) in [6.45, 7) is 0.318. The molecule has 0 aliphatic heterocycles.